The highest BCUT2D eigenvalue weighted by Gasteiger charge is 2.47. The average Bonchev–Trinajstić information content (AvgIpc) is 3.04. The number of carbonyl (C=O) groups is 2. The molecule has 8 nitrogen and oxygen atoms in total. The number of amides is 4. The van der Waals surface area contributed by atoms with E-state index in [4.69, 9.17) is 0 Å². The Kier molecular flexibility index (Phi) is 11.4. The second kappa shape index (κ2) is 14.6. The maximum atomic E-state index is 13.0. The van der Waals surface area contributed by atoms with E-state index in [1.54, 1.807) is 0 Å². The van der Waals surface area contributed by atoms with E-state index < -0.39 is 0 Å². The van der Waals surface area contributed by atoms with E-state index in [-0.39, 0.29) is 46.3 Å². The van der Waals surface area contributed by atoms with Gasteiger partial charge in [-0.05, 0) is 120 Å². The molecule has 2 saturated heterocycles. The summed E-state index contributed by atoms with van der Waals surface area (Å²) in [5, 5.41) is 20.4. The number of rotatable bonds is 10. The zero-order valence-corrected chi connectivity index (χ0v) is 30.7. The quantitative estimate of drug-likeness (QED) is 0.157. The molecule has 0 aliphatic carbocycles. The highest BCUT2D eigenvalue weighted by atomic mass is 16.2. The summed E-state index contributed by atoms with van der Waals surface area (Å²) >= 11 is 0. The lowest BCUT2D eigenvalue weighted by atomic mass is 9.69. The van der Waals surface area contributed by atoms with Crippen LogP contribution in [0.5, 0.6) is 0 Å². The molecular formula is C39H62N6O2. The van der Waals surface area contributed by atoms with E-state index in [0.717, 1.165) is 67.4 Å². The standard InChI is InChI=1S/C39H62N6O2/c1-11-36(7)24-32(26(5)38(9,13-3)44-36)42-34(46)40-30-19-15-28(16-20-30)23-29-17-21-31(22-18-29)41-35(47)43-33-25-37(8,12-2)45-39(10,14-4)27(33)6/h15-22,26-27,32-33,44-45H,11-14,23-25H2,1-10H3,(H2,40,42,46)(H2,41,43,47). The second-order valence-electron chi connectivity index (χ2n) is 15.6. The third-order valence-corrected chi connectivity index (χ3v) is 12.2. The van der Waals surface area contributed by atoms with Gasteiger partial charge in [-0.15, -0.1) is 0 Å². The fourth-order valence-corrected chi connectivity index (χ4v) is 7.88. The molecule has 260 valence electrons. The molecule has 8 atom stereocenters. The van der Waals surface area contributed by atoms with Gasteiger partial charge in [0.2, 0.25) is 0 Å². The zero-order valence-electron chi connectivity index (χ0n) is 30.7. The van der Waals surface area contributed by atoms with Crippen molar-refractivity contribution in [1.29, 1.82) is 0 Å². The molecule has 0 radical (unpaired) electrons. The van der Waals surface area contributed by atoms with Crippen LogP contribution >= 0.6 is 0 Å². The van der Waals surface area contributed by atoms with Crippen molar-refractivity contribution >= 4 is 23.4 Å². The molecule has 0 spiro atoms. The van der Waals surface area contributed by atoms with Crippen LogP contribution in [0.25, 0.3) is 0 Å². The molecule has 0 aromatic heterocycles. The van der Waals surface area contributed by atoms with Crippen molar-refractivity contribution < 1.29 is 9.59 Å². The molecule has 2 fully saturated rings. The van der Waals surface area contributed by atoms with Crippen molar-refractivity contribution in [3.05, 3.63) is 59.7 Å². The van der Waals surface area contributed by atoms with Gasteiger partial charge in [0.25, 0.3) is 0 Å². The van der Waals surface area contributed by atoms with Gasteiger partial charge >= 0.3 is 12.1 Å². The average molecular weight is 647 g/mol. The van der Waals surface area contributed by atoms with Gasteiger partial charge in [-0.3, -0.25) is 0 Å². The van der Waals surface area contributed by atoms with Crippen molar-refractivity contribution in [2.24, 2.45) is 11.8 Å². The first-order valence-electron chi connectivity index (χ1n) is 18.0. The van der Waals surface area contributed by atoms with E-state index in [0.29, 0.717) is 11.8 Å². The number of urea groups is 2. The first-order valence-corrected chi connectivity index (χ1v) is 18.0. The molecule has 8 heteroatoms. The third kappa shape index (κ3) is 8.69. The lowest BCUT2D eigenvalue weighted by Gasteiger charge is -2.53. The highest BCUT2D eigenvalue weighted by molar-refractivity contribution is 5.90. The summed E-state index contributed by atoms with van der Waals surface area (Å²) in [4.78, 5) is 26.1. The fraction of sp³-hybridized carbons (Fsp3) is 0.641. The molecule has 2 aromatic rings. The van der Waals surface area contributed by atoms with Gasteiger partial charge in [-0.1, -0.05) is 65.8 Å². The van der Waals surface area contributed by atoms with E-state index in [1.165, 1.54) is 0 Å². The Morgan fingerprint density at radius 2 is 0.957 bits per heavy atom. The minimum atomic E-state index is -0.158. The molecule has 47 heavy (non-hydrogen) atoms. The molecule has 0 saturated carbocycles. The molecule has 2 heterocycles. The van der Waals surface area contributed by atoms with Crippen molar-refractivity contribution in [1.82, 2.24) is 21.3 Å². The maximum absolute atomic E-state index is 13.0. The van der Waals surface area contributed by atoms with Gasteiger partial charge < -0.3 is 31.9 Å². The Morgan fingerprint density at radius 1 is 0.617 bits per heavy atom. The normalized spacial score (nSPS) is 33.9. The molecular weight excluding hydrogens is 584 g/mol. The number of carbonyl (C=O) groups excluding carboxylic acids is 2. The van der Waals surface area contributed by atoms with Gasteiger partial charge in [-0.2, -0.15) is 0 Å². The number of piperidine rings is 2. The van der Waals surface area contributed by atoms with Crippen LogP contribution in [-0.4, -0.2) is 46.3 Å². The van der Waals surface area contributed by atoms with Crippen LogP contribution in [0.1, 0.15) is 119 Å². The Morgan fingerprint density at radius 3 is 1.26 bits per heavy atom. The summed E-state index contributed by atoms with van der Waals surface area (Å²) in [5.41, 5.74) is 3.79. The summed E-state index contributed by atoms with van der Waals surface area (Å²) in [5.74, 6) is 0.618. The predicted molar refractivity (Wildman–Crippen MR) is 196 cm³/mol. The molecule has 6 N–H and O–H groups in total. The molecule has 2 aliphatic rings. The van der Waals surface area contributed by atoms with E-state index in [2.05, 4.69) is 125 Å². The van der Waals surface area contributed by atoms with Gasteiger partial charge in [0.15, 0.2) is 0 Å². The van der Waals surface area contributed by atoms with Crippen LogP contribution < -0.4 is 31.9 Å². The number of hydrogen-bond acceptors (Lipinski definition) is 4. The van der Waals surface area contributed by atoms with Gasteiger partial charge in [0, 0.05) is 45.6 Å². The number of hydrogen-bond donors (Lipinski definition) is 6. The van der Waals surface area contributed by atoms with Gasteiger partial charge in [-0.25, -0.2) is 9.59 Å². The molecule has 8 unspecified atom stereocenters. The Hall–Kier alpha value is -3.10. The predicted octanol–water partition coefficient (Wildman–Crippen LogP) is 8.19. The largest absolute Gasteiger partial charge is 0.335 e. The summed E-state index contributed by atoms with van der Waals surface area (Å²) in [6, 6.07) is 15.9. The van der Waals surface area contributed by atoms with Crippen molar-refractivity contribution in [2.75, 3.05) is 10.6 Å². The first kappa shape index (κ1) is 36.7. The topological polar surface area (TPSA) is 106 Å². The van der Waals surface area contributed by atoms with Crippen molar-refractivity contribution in [3.63, 3.8) is 0 Å². The Bertz CT molecular complexity index is 1260. The van der Waals surface area contributed by atoms with E-state index >= 15 is 0 Å². The minimum Gasteiger partial charge on any atom is -0.335 e. The monoisotopic (exact) mass is 646 g/mol. The van der Waals surface area contributed by atoms with Crippen LogP contribution in [0.15, 0.2) is 48.5 Å². The summed E-state index contributed by atoms with van der Waals surface area (Å²) in [6.07, 6.45) is 6.61. The molecule has 2 aromatic carbocycles. The van der Waals surface area contributed by atoms with E-state index in [9.17, 15) is 9.59 Å². The van der Waals surface area contributed by atoms with Crippen LogP contribution in [0, 0.1) is 11.8 Å². The maximum Gasteiger partial charge on any atom is 0.319 e. The van der Waals surface area contributed by atoms with Crippen LogP contribution in [0.2, 0.25) is 0 Å². The van der Waals surface area contributed by atoms with Crippen molar-refractivity contribution in [3.8, 4) is 0 Å². The zero-order chi connectivity index (χ0) is 34.6. The minimum absolute atomic E-state index is 0.00275. The Balaban J connectivity index is 1.29. The number of benzene rings is 2. The fourth-order valence-electron chi connectivity index (χ4n) is 7.88. The molecule has 2 aliphatic heterocycles. The second-order valence-corrected chi connectivity index (χ2v) is 15.6. The van der Waals surface area contributed by atoms with Gasteiger partial charge in [0.1, 0.15) is 0 Å². The Labute approximate surface area is 284 Å². The number of anilines is 2. The SMILES string of the molecule is CCC1(C)CC(NC(=O)Nc2ccc(Cc3ccc(NC(=O)NC4CC(C)(CC)NC(C)(CC)C4C)cc3)cc2)C(C)C(C)(CC)N1. The lowest BCUT2D eigenvalue weighted by Crippen LogP contribution is -2.68. The van der Waals surface area contributed by atoms with Crippen molar-refractivity contribution in [2.45, 2.75) is 148 Å². The summed E-state index contributed by atoms with van der Waals surface area (Å²) < 4.78 is 0. The molecule has 4 amide bonds. The lowest BCUT2D eigenvalue weighted by molar-refractivity contribution is 0.0628. The van der Waals surface area contributed by atoms with Crippen LogP contribution in [0.3, 0.4) is 0 Å². The van der Waals surface area contributed by atoms with Crippen LogP contribution in [0.4, 0.5) is 21.0 Å². The molecule has 4 rings (SSSR count). The van der Waals surface area contributed by atoms with Crippen LogP contribution in [-0.2, 0) is 6.42 Å². The molecule has 0 bridgehead atoms. The van der Waals surface area contributed by atoms with E-state index in [1.807, 2.05) is 24.3 Å². The summed E-state index contributed by atoms with van der Waals surface area (Å²) in [6.45, 7) is 22.4. The smallest absolute Gasteiger partial charge is 0.319 e. The van der Waals surface area contributed by atoms with Gasteiger partial charge in [0.05, 0.1) is 0 Å². The first-order chi connectivity index (χ1) is 22.1. The summed E-state index contributed by atoms with van der Waals surface area (Å²) in [7, 11) is 0. The number of nitrogens with one attached hydrogen (secondary N) is 6. The highest BCUT2D eigenvalue weighted by Crippen LogP contribution is 2.38. The third-order valence-electron chi connectivity index (χ3n) is 12.2.